The number of nitriles is 1. The Balaban J connectivity index is 1.75. The molecule has 0 aromatic heterocycles. The quantitative estimate of drug-likeness (QED) is 0.421. The molecule has 0 radical (unpaired) electrons. The van der Waals surface area contributed by atoms with Gasteiger partial charge < -0.3 is 14.8 Å². The van der Waals surface area contributed by atoms with Crippen LogP contribution >= 0.6 is 0 Å². The fourth-order valence-electron chi connectivity index (χ4n) is 2.81. The van der Waals surface area contributed by atoms with Gasteiger partial charge in [-0.25, -0.2) is 4.39 Å². The number of halogens is 1. The zero-order valence-corrected chi connectivity index (χ0v) is 17.2. The van der Waals surface area contributed by atoms with Crippen molar-refractivity contribution < 1.29 is 18.7 Å². The summed E-state index contributed by atoms with van der Waals surface area (Å²) in [6, 6.07) is 20.7. The molecule has 0 spiro atoms. The molecule has 31 heavy (non-hydrogen) atoms. The molecule has 156 valence electrons. The fourth-order valence-corrected chi connectivity index (χ4v) is 2.81. The number of nitrogens with zero attached hydrogens (tertiary/aromatic N) is 1. The SMILES string of the molecule is COc1cc(/C=C(/C#N)C(=O)Nc2ccccc2F)ccc1OCc1ccc(C)cc1. The highest BCUT2D eigenvalue weighted by Crippen LogP contribution is 2.30. The highest BCUT2D eigenvalue weighted by atomic mass is 19.1. The van der Waals surface area contributed by atoms with E-state index >= 15 is 0 Å². The number of nitrogens with one attached hydrogen (secondary N) is 1. The number of para-hydroxylation sites is 1. The highest BCUT2D eigenvalue weighted by molar-refractivity contribution is 6.09. The van der Waals surface area contributed by atoms with E-state index in [-0.39, 0.29) is 11.3 Å². The maximum atomic E-state index is 13.8. The summed E-state index contributed by atoms with van der Waals surface area (Å²) >= 11 is 0. The third kappa shape index (κ3) is 5.71. The van der Waals surface area contributed by atoms with Gasteiger partial charge in [-0.2, -0.15) is 5.26 Å². The van der Waals surface area contributed by atoms with Gasteiger partial charge in [-0.3, -0.25) is 4.79 Å². The van der Waals surface area contributed by atoms with Gasteiger partial charge in [0.2, 0.25) is 0 Å². The number of rotatable bonds is 7. The fraction of sp³-hybridized carbons (Fsp3) is 0.120. The van der Waals surface area contributed by atoms with Crippen LogP contribution in [-0.2, 0) is 11.4 Å². The molecule has 3 aromatic carbocycles. The molecular weight excluding hydrogens is 395 g/mol. The van der Waals surface area contributed by atoms with E-state index in [4.69, 9.17) is 9.47 Å². The number of hydrogen-bond donors (Lipinski definition) is 1. The Bertz CT molecular complexity index is 1150. The predicted molar refractivity (Wildman–Crippen MR) is 117 cm³/mol. The van der Waals surface area contributed by atoms with Crippen molar-refractivity contribution in [3.05, 3.63) is 94.8 Å². The molecule has 5 nitrogen and oxygen atoms in total. The van der Waals surface area contributed by atoms with Crippen LogP contribution in [0.2, 0.25) is 0 Å². The van der Waals surface area contributed by atoms with Crippen molar-refractivity contribution in [1.82, 2.24) is 0 Å². The zero-order valence-electron chi connectivity index (χ0n) is 17.2. The molecule has 0 aliphatic heterocycles. The number of aryl methyl sites for hydroxylation is 1. The molecule has 0 fully saturated rings. The number of hydrogen-bond acceptors (Lipinski definition) is 4. The van der Waals surface area contributed by atoms with E-state index in [2.05, 4.69) is 5.32 Å². The first-order valence-corrected chi connectivity index (χ1v) is 9.54. The van der Waals surface area contributed by atoms with E-state index in [0.29, 0.717) is 23.7 Å². The first kappa shape index (κ1) is 21.6. The average molecular weight is 416 g/mol. The normalized spacial score (nSPS) is 10.8. The van der Waals surface area contributed by atoms with Gasteiger partial charge in [0.1, 0.15) is 24.1 Å². The molecule has 1 N–H and O–H groups in total. The Labute approximate surface area is 180 Å². The summed E-state index contributed by atoms with van der Waals surface area (Å²) in [6.45, 7) is 2.40. The van der Waals surface area contributed by atoms with Crippen molar-refractivity contribution in [2.45, 2.75) is 13.5 Å². The van der Waals surface area contributed by atoms with Gasteiger partial charge in [-0.1, -0.05) is 48.0 Å². The molecule has 6 heteroatoms. The molecule has 0 aliphatic rings. The van der Waals surface area contributed by atoms with Crippen LogP contribution in [-0.4, -0.2) is 13.0 Å². The minimum Gasteiger partial charge on any atom is -0.493 e. The van der Waals surface area contributed by atoms with Crippen molar-refractivity contribution in [2.75, 3.05) is 12.4 Å². The van der Waals surface area contributed by atoms with E-state index in [0.717, 1.165) is 5.56 Å². The summed E-state index contributed by atoms with van der Waals surface area (Å²) in [6.07, 6.45) is 1.41. The van der Waals surface area contributed by atoms with Crippen molar-refractivity contribution in [3.63, 3.8) is 0 Å². The maximum Gasteiger partial charge on any atom is 0.266 e. The monoisotopic (exact) mass is 416 g/mol. The van der Waals surface area contributed by atoms with Crippen LogP contribution in [0, 0.1) is 24.1 Å². The summed E-state index contributed by atoms with van der Waals surface area (Å²) in [5, 5.41) is 11.8. The van der Waals surface area contributed by atoms with Gasteiger partial charge in [0.15, 0.2) is 11.5 Å². The highest BCUT2D eigenvalue weighted by Gasteiger charge is 2.13. The smallest absolute Gasteiger partial charge is 0.266 e. The van der Waals surface area contributed by atoms with Gasteiger partial charge in [0, 0.05) is 0 Å². The van der Waals surface area contributed by atoms with E-state index in [9.17, 15) is 14.4 Å². The van der Waals surface area contributed by atoms with Gasteiger partial charge in [0.25, 0.3) is 5.91 Å². The first-order chi connectivity index (χ1) is 15.0. The Kier molecular flexibility index (Phi) is 7.02. The Morgan fingerprint density at radius 1 is 1.10 bits per heavy atom. The van der Waals surface area contributed by atoms with Crippen LogP contribution in [0.3, 0.4) is 0 Å². The summed E-state index contributed by atoms with van der Waals surface area (Å²) in [4.78, 5) is 12.4. The second-order valence-electron chi connectivity index (χ2n) is 6.79. The van der Waals surface area contributed by atoms with E-state index < -0.39 is 11.7 Å². The Hall–Kier alpha value is -4.11. The minimum absolute atomic E-state index is 0.00563. The van der Waals surface area contributed by atoms with Crippen molar-refractivity contribution in [3.8, 4) is 17.6 Å². The molecule has 3 aromatic rings. The van der Waals surface area contributed by atoms with Gasteiger partial charge in [-0.15, -0.1) is 0 Å². The average Bonchev–Trinajstić information content (AvgIpc) is 2.78. The van der Waals surface area contributed by atoms with E-state index in [1.165, 1.54) is 36.9 Å². The first-order valence-electron chi connectivity index (χ1n) is 9.54. The third-order valence-electron chi connectivity index (χ3n) is 4.50. The topological polar surface area (TPSA) is 71.3 Å². The maximum absolute atomic E-state index is 13.8. The molecule has 0 bridgehead atoms. The third-order valence-corrected chi connectivity index (χ3v) is 4.50. The number of benzene rings is 3. The van der Waals surface area contributed by atoms with Crippen LogP contribution in [0.1, 0.15) is 16.7 Å². The van der Waals surface area contributed by atoms with Crippen molar-refractivity contribution in [1.29, 1.82) is 5.26 Å². The summed E-state index contributed by atoms with van der Waals surface area (Å²) in [5.41, 5.74) is 2.60. The van der Waals surface area contributed by atoms with Gasteiger partial charge in [-0.05, 0) is 48.4 Å². The van der Waals surface area contributed by atoms with E-state index in [1.807, 2.05) is 37.3 Å². The van der Waals surface area contributed by atoms with Crippen LogP contribution < -0.4 is 14.8 Å². The van der Waals surface area contributed by atoms with Crippen LogP contribution in [0.15, 0.2) is 72.3 Å². The second-order valence-corrected chi connectivity index (χ2v) is 6.79. The standard InChI is InChI=1S/C25H21FN2O3/c1-17-7-9-18(10-8-17)16-31-23-12-11-19(14-24(23)30-2)13-20(15-27)25(29)28-22-6-4-3-5-21(22)26/h3-14H,16H2,1-2H3,(H,28,29)/b20-13-. The minimum atomic E-state index is -0.703. The number of carbonyl (C=O) groups excluding carboxylic acids is 1. The molecular formula is C25H21FN2O3. The van der Waals surface area contributed by atoms with Crippen LogP contribution in [0.4, 0.5) is 10.1 Å². The number of amides is 1. The molecule has 0 saturated carbocycles. The van der Waals surface area contributed by atoms with Gasteiger partial charge in [0.05, 0.1) is 12.8 Å². The van der Waals surface area contributed by atoms with Gasteiger partial charge >= 0.3 is 0 Å². The number of anilines is 1. The molecule has 1 amide bonds. The molecule has 0 aliphatic carbocycles. The molecule has 0 heterocycles. The molecule has 0 atom stereocenters. The number of methoxy groups -OCH3 is 1. The lowest BCUT2D eigenvalue weighted by Gasteiger charge is -2.12. The largest absolute Gasteiger partial charge is 0.493 e. The second kappa shape index (κ2) is 10.1. The Morgan fingerprint density at radius 3 is 2.52 bits per heavy atom. The zero-order chi connectivity index (χ0) is 22.2. The predicted octanol–water partition coefficient (Wildman–Crippen LogP) is 5.27. The van der Waals surface area contributed by atoms with E-state index in [1.54, 1.807) is 24.3 Å². The van der Waals surface area contributed by atoms with Crippen LogP contribution in [0.5, 0.6) is 11.5 Å². The number of ether oxygens (including phenoxy) is 2. The Morgan fingerprint density at radius 2 is 1.84 bits per heavy atom. The summed E-state index contributed by atoms with van der Waals surface area (Å²) < 4.78 is 25.0. The van der Waals surface area contributed by atoms with Crippen molar-refractivity contribution in [2.24, 2.45) is 0 Å². The lowest BCUT2D eigenvalue weighted by atomic mass is 10.1. The lowest BCUT2D eigenvalue weighted by Crippen LogP contribution is -2.14. The summed E-state index contributed by atoms with van der Waals surface area (Å²) in [7, 11) is 1.51. The molecule has 0 saturated heterocycles. The molecule has 3 rings (SSSR count). The number of carbonyl (C=O) groups is 1. The summed E-state index contributed by atoms with van der Waals surface area (Å²) in [5.74, 6) is -0.279. The molecule has 0 unspecified atom stereocenters. The van der Waals surface area contributed by atoms with Crippen LogP contribution in [0.25, 0.3) is 6.08 Å². The van der Waals surface area contributed by atoms with Crippen molar-refractivity contribution >= 4 is 17.7 Å². The lowest BCUT2D eigenvalue weighted by molar-refractivity contribution is -0.112.